The molecular weight excluding hydrogens is 274 g/mol. The number of hydrogen-bond acceptors (Lipinski definition) is 4. The molecular formula is C12H14ClNO5. The molecule has 0 aromatic heterocycles. The fourth-order valence-corrected chi connectivity index (χ4v) is 1.86. The third kappa shape index (κ3) is 5.15. The summed E-state index contributed by atoms with van der Waals surface area (Å²) in [4.78, 5) is 22.7. The summed E-state index contributed by atoms with van der Waals surface area (Å²) in [5, 5.41) is 18.0. The van der Waals surface area contributed by atoms with E-state index in [1.165, 1.54) is 12.0 Å². The van der Waals surface area contributed by atoms with Crippen molar-refractivity contribution in [3.05, 3.63) is 28.8 Å². The number of nitrogens with zero attached hydrogens (tertiary/aromatic N) is 1. The summed E-state index contributed by atoms with van der Waals surface area (Å²) in [5.74, 6) is -1.66. The van der Waals surface area contributed by atoms with Crippen LogP contribution in [0.4, 0.5) is 0 Å². The second-order valence-corrected chi connectivity index (χ2v) is 4.33. The van der Waals surface area contributed by atoms with E-state index in [9.17, 15) is 9.59 Å². The number of benzene rings is 1. The van der Waals surface area contributed by atoms with Gasteiger partial charge in [-0.25, -0.2) is 0 Å². The average Bonchev–Trinajstić information content (AvgIpc) is 2.27. The maximum Gasteiger partial charge on any atom is 0.317 e. The summed E-state index contributed by atoms with van der Waals surface area (Å²) in [5.41, 5.74) is 0.637. The fraction of sp³-hybridized carbons (Fsp3) is 0.333. The lowest BCUT2D eigenvalue weighted by Gasteiger charge is -2.19. The summed E-state index contributed by atoms with van der Waals surface area (Å²) < 4.78 is 5.13. The van der Waals surface area contributed by atoms with E-state index in [-0.39, 0.29) is 19.6 Å². The van der Waals surface area contributed by atoms with Crippen LogP contribution in [0, 0.1) is 0 Å². The molecule has 0 heterocycles. The standard InChI is InChI=1S/C12H14ClNO5/c1-19-10-3-2-9(13)4-8(10)5-14(6-11(15)16)7-12(17)18/h2-4H,5-7H2,1H3,(H,15,16)(H,17,18). The molecule has 1 aromatic rings. The van der Waals surface area contributed by atoms with E-state index in [0.29, 0.717) is 16.3 Å². The smallest absolute Gasteiger partial charge is 0.317 e. The molecule has 104 valence electrons. The molecule has 0 radical (unpaired) electrons. The summed E-state index contributed by atoms with van der Waals surface area (Å²) >= 11 is 5.86. The summed E-state index contributed by atoms with van der Waals surface area (Å²) in [6, 6.07) is 4.91. The van der Waals surface area contributed by atoms with Crippen LogP contribution in [0.1, 0.15) is 5.56 Å². The van der Waals surface area contributed by atoms with Gasteiger partial charge in [-0.05, 0) is 18.2 Å². The highest BCUT2D eigenvalue weighted by Gasteiger charge is 2.16. The first-order chi connectivity index (χ1) is 8.92. The molecule has 1 aromatic carbocycles. The Morgan fingerprint density at radius 3 is 2.32 bits per heavy atom. The minimum Gasteiger partial charge on any atom is -0.496 e. The highest BCUT2D eigenvalue weighted by atomic mass is 35.5. The zero-order chi connectivity index (χ0) is 14.4. The van der Waals surface area contributed by atoms with Crippen molar-refractivity contribution in [3.63, 3.8) is 0 Å². The Morgan fingerprint density at radius 2 is 1.84 bits per heavy atom. The van der Waals surface area contributed by atoms with Crippen molar-refractivity contribution in [1.82, 2.24) is 4.90 Å². The van der Waals surface area contributed by atoms with E-state index >= 15 is 0 Å². The van der Waals surface area contributed by atoms with E-state index in [2.05, 4.69) is 0 Å². The lowest BCUT2D eigenvalue weighted by molar-refractivity contribution is -0.142. The predicted octanol–water partition coefficient (Wildman–Crippen LogP) is 1.32. The van der Waals surface area contributed by atoms with Gasteiger partial charge in [0, 0.05) is 17.1 Å². The number of halogens is 1. The first kappa shape index (κ1) is 15.3. The van der Waals surface area contributed by atoms with Crippen LogP contribution in [0.25, 0.3) is 0 Å². The van der Waals surface area contributed by atoms with Crippen LogP contribution < -0.4 is 4.74 Å². The second-order valence-electron chi connectivity index (χ2n) is 3.89. The topological polar surface area (TPSA) is 87.1 Å². The van der Waals surface area contributed by atoms with Crippen molar-refractivity contribution in [1.29, 1.82) is 0 Å². The molecule has 0 aliphatic carbocycles. The highest BCUT2D eigenvalue weighted by Crippen LogP contribution is 2.23. The van der Waals surface area contributed by atoms with E-state index in [1.54, 1.807) is 18.2 Å². The molecule has 1 rings (SSSR count). The Balaban J connectivity index is 2.90. The molecule has 0 fully saturated rings. The molecule has 6 nitrogen and oxygen atoms in total. The van der Waals surface area contributed by atoms with E-state index < -0.39 is 11.9 Å². The van der Waals surface area contributed by atoms with Crippen molar-refractivity contribution in [2.75, 3.05) is 20.2 Å². The van der Waals surface area contributed by atoms with Crippen LogP contribution in [-0.2, 0) is 16.1 Å². The largest absolute Gasteiger partial charge is 0.496 e. The second kappa shape index (κ2) is 6.96. The number of rotatable bonds is 7. The van der Waals surface area contributed by atoms with Gasteiger partial charge in [-0.3, -0.25) is 14.5 Å². The average molecular weight is 288 g/mol. The Morgan fingerprint density at radius 1 is 1.26 bits per heavy atom. The summed E-state index contributed by atoms with van der Waals surface area (Å²) in [6.45, 7) is -0.619. The zero-order valence-corrected chi connectivity index (χ0v) is 11.1. The van der Waals surface area contributed by atoms with Gasteiger partial charge in [0.15, 0.2) is 0 Å². The van der Waals surface area contributed by atoms with Crippen molar-refractivity contribution in [3.8, 4) is 5.75 Å². The first-order valence-electron chi connectivity index (χ1n) is 5.40. The lowest BCUT2D eigenvalue weighted by atomic mass is 10.2. The van der Waals surface area contributed by atoms with Gasteiger partial charge in [0.05, 0.1) is 20.2 Å². The van der Waals surface area contributed by atoms with Gasteiger partial charge in [-0.1, -0.05) is 11.6 Å². The molecule has 0 unspecified atom stereocenters. The number of carboxylic acid groups (broad SMARTS) is 2. The molecule has 0 spiro atoms. The number of hydrogen-bond donors (Lipinski definition) is 2. The SMILES string of the molecule is COc1ccc(Cl)cc1CN(CC(=O)O)CC(=O)O. The molecule has 2 N–H and O–H groups in total. The third-order valence-corrected chi connectivity index (χ3v) is 2.59. The van der Waals surface area contributed by atoms with Gasteiger partial charge in [0.1, 0.15) is 5.75 Å². The predicted molar refractivity (Wildman–Crippen MR) is 68.6 cm³/mol. The van der Waals surface area contributed by atoms with Gasteiger partial charge >= 0.3 is 11.9 Å². The van der Waals surface area contributed by atoms with Crippen LogP contribution in [0.3, 0.4) is 0 Å². The van der Waals surface area contributed by atoms with Crippen LogP contribution in [0.2, 0.25) is 5.02 Å². The van der Waals surface area contributed by atoms with E-state index in [0.717, 1.165) is 0 Å². The van der Waals surface area contributed by atoms with Gasteiger partial charge in [-0.15, -0.1) is 0 Å². The molecule has 0 saturated heterocycles. The van der Waals surface area contributed by atoms with E-state index in [1.807, 2.05) is 0 Å². The highest BCUT2D eigenvalue weighted by molar-refractivity contribution is 6.30. The third-order valence-electron chi connectivity index (χ3n) is 2.35. The number of methoxy groups -OCH3 is 1. The lowest BCUT2D eigenvalue weighted by Crippen LogP contribution is -2.34. The van der Waals surface area contributed by atoms with Crippen LogP contribution in [0.5, 0.6) is 5.75 Å². The molecule has 19 heavy (non-hydrogen) atoms. The number of aliphatic carboxylic acids is 2. The van der Waals surface area contributed by atoms with Crippen LogP contribution >= 0.6 is 11.6 Å². The molecule has 7 heteroatoms. The van der Waals surface area contributed by atoms with Crippen molar-refractivity contribution >= 4 is 23.5 Å². The maximum atomic E-state index is 10.7. The Labute approximate surface area is 115 Å². The first-order valence-corrected chi connectivity index (χ1v) is 5.78. The molecule has 0 bridgehead atoms. The maximum absolute atomic E-state index is 10.7. The van der Waals surface area contributed by atoms with Gasteiger partial charge in [0.25, 0.3) is 0 Å². The Kier molecular flexibility index (Phi) is 5.59. The van der Waals surface area contributed by atoms with Crippen LogP contribution in [0.15, 0.2) is 18.2 Å². The number of carbonyl (C=O) groups is 2. The Bertz CT molecular complexity index is 461. The molecule has 0 saturated carbocycles. The summed E-state index contributed by atoms with van der Waals surface area (Å²) in [6.07, 6.45) is 0. The van der Waals surface area contributed by atoms with Crippen molar-refractivity contribution in [2.45, 2.75) is 6.54 Å². The zero-order valence-electron chi connectivity index (χ0n) is 10.3. The number of carboxylic acids is 2. The minimum absolute atomic E-state index is 0.127. The van der Waals surface area contributed by atoms with Crippen LogP contribution in [-0.4, -0.2) is 47.3 Å². The minimum atomic E-state index is -1.10. The molecule has 0 aliphatic heterocycles. The molecule has 0 amide bonds. The quantitative estimate of drug-likeness (QED) is 0.786. The fourth-order valence-electron chi connectivity index (χ4n) is 1.66. The molecule has 0 atom stereocenters. The molecule has 0 aliphatic rings. The van der Waals surface area contributed by atoms with Crippen molar-refractivity contribution in [2.24, 2.45) is 0 Å². The van der Waals surface area contributed by atoms with Gasteiger partial charge in [-0.2, -0.15) is 0 Å². The Hall–Kier alpha value is -1.79. The number of ether oxygens (including phenoxy) is 1. The van der Waals surface area contributed by atoms with E-state index in [4.69, 9.17) is 26.6 Å². The van der Waals surface area contributed by atoms with Crippen molar-refractivity contribution < 1.29 is 24.5 Å². The summed E-state index contributed by atoms with van der Waals surface area (Å²) in [7, 11) is 1.48. The normalized spacial score (nSPS) is 10.5. The monoisotopic (exact) mass is 287 g/mol. The van der Waals surface area contributed by atoms with Gasteiger partial charge in [0.2, 0.25) is 0 Å². The van der Waals surface area contributed by atoms with Gasteiger partial charge < -0.3 is 14.9 Å².